The van der Waals surface area contributed by atoms with Crippen LogP contribution in [-0.2, 0) is 12.3 Å². The second-order valence-electron chi connectivity index (χ2n) is 3.94. The van der Waals surface area contributed by atoms with Gasteiger partial charge in [-0.1, -0.05) is 12.1 Å². The number of aliphatic hydroxyl groups excluding tert-OH is 1. The van der Waals surface area contributed by atoms with Gasteiger partial charge in [-0.3, -0.25) is 0 Å². The maximum Gasteiger partial charge on any atom is 0.274 e. The standard InChI is InChI=1S/C12H16F2O2/c1-8(15)7-9-5-4-6-10(11(9)16-3)12(2,13)14/h4-6,8,15H,7H2,1-3H3. The van der Waals surface area contributed by atoms with Gasteiger partial charge in [0.05, 0.1) is 18.8 Å². The molecular weight excluding hydrogens is 214 g/mol. The third-order valence-electron chi connectivity index (χ3n) is 2.29. The van der Waals surface area contributed by atoms with E-state index in [-0.39, 0.29) is 11.3 Å². The molecule has 1 N–H and O–H groups in total. The van der Waals surface area contributed by atoms with Gasteiger partial charge in [0, 0.05) is 13.3 Å². The van der Waals surface area contributed by atoms with Gasteiger partial charge in [-0.15, -0.1) is 0 Å². The van der Waals surface area contributed by atoms with Crippen LogP contribution in [-0.4, -0.2) is 18.3 Å². The number of alkyl halides is 2. The number of hydrogen-bond acceptors (Lipinski definition) is 2. The number of methoxy groups -OCH3 is 1. The molecule has 0 fully saturated rings. The molecule has 1 rings (SSSR count). The molecule has 0 aromatic heterocycles. The van der Waals surface area contributed by atoms with E-state index in [4.69, 9.17) is 4.74 Å². The van der Waals surface area contributed by atoms with Crippen molar-refractivity contribution in [2.24, 2.45) is 0 Å². The first-order valence-corrected chi connectivity index (χ1v) is 5.08. The Morgan fingerprint density at radius 1 is 1.44 bits per heavy atom. The summed E-state index contributed by atoms with van der Waals surface area (Å²) < 4.78 is 31.6. The van der Waals surface area contributed by atoms with Gasteiger partial charge in [0.25, 0.3) is 5.92 Å². The van der Waals surface area contributed by atoms with Crippen LogP contribution in [0.5, 0.6) is 5.75 Å². The van der Waals surface area contributed by atoms with Crippen molar-refractivity contribution in [1.82, 2.24) is 0 Å². The van der Waals surface area contributed by atoms with Gasteiger partial charge in [0.1, 0.15) is 5.75 Å². The lowest BCUT2D eigenvalue weighted by Crippen LogP contribution is -2.12. The van der Waals surface area contributed by atoms with Crippen LogP contribution in [0.1, 0.15) is 25.0 Å². The molecule has 0 aliphatic carbocycles. The number of aliphatic hydroxyl groups is 1. The quantitative estimate of drug-likeness (QED) is 0.861. The van der Waals surface area contributed by atoms with Gasteiger partial charge >= 0.3 is 0 Å². The molecule has 0 saturated carbocycles. The molecule has 0 bridgehead atoms. The molecule has 4 heteroatoms. The molecule has 1 aromatic rings. The van der Waals surface area contributed by atoms with Crippen LogP contribution in [0.15, 0.2) is 18.2 Å². The normalized spacial score (nSPS) is 13.6. The number of ether oxygens (including phenoxy) is 1. The summed E-state index contributed by atoms with van der Waals surface area (Å²) in [6.45, 7) is 2.44. The molecule has 90 valence electrons. The van der Waals surface area contributed by atoms with Gasteiger partial charge in [-0.2, -0.15) is 0 Å². The van der Waals surface area contributed by atoms with Crippen molar-refractivity contribution in [3.63, 3.8) is 0 Å². The number of hydrogen-bond donors (Lipinski definition) is 1. The van der Waals surface area contributed by atoms with E-state index >= 15 is 0 Å². The van der Waals surface area contributed by atoms with Crippen LogP contribution < -0.4 is 4.74 Å². The zero-order valence-electron chi connectivity index (χ0n) is 9.63. The molecule has 0 aliphatic rings. The lowest BCUT2D eigenvalue weighted by molar-refractivity contribution is 0.0148. The van der Waals surface area contributed by atoms with Crippen LogP contribution in [0.3, 0.4) is 0 Å². The maximum atomic E-state index is 13.3. The Kier molecular flexibility index (Phi) is 3.86. The molecule has 1 atom stereocenters. The maximum absolute atomic E-state index is 13.3. The molecule has 0 amide bonds. The molecule has 0 spiro atoms. The fraction of sp³-hybridized carbons (Fsp3) is 0.500. The number of benzene rings is 1. The van der Waals surface area contributed by atoms with Crippen molar-refractivity contribution in [3.05, 3.63) is 29.3 Å². The summed E-state index contributed by atoms with van der Waals surface area (Å²) in [7, 11) is 1.36. The van der Waals surface area contributed by atoms with Crippen molar-refractivity contribution in [3.8, 4) is 5.75 Å². The zero-order valence-corrected chi connectivity index (χ0v) is 9.63. The smallest absolute Gasteiger partial charge is 0.274 e. The Balaban J connectivity index is 3.21. The second kappa shape index (κ2) is 4.78. The molecule has 0 radical (unpaired) electrons. The largest absolute Gasteiger partial charge is 0.496 e. The zero-order chi connectivity index (χ0) is 12.3. The van der Waals surface area contributed by atoms with E-state index < -0.39 is 12.0 Å². The van der Waals surface area contributed by atoms with E-state index in [0.29, 0.717) is 12.0 Å². The molecule has 2 nitrogen and oxygen atoms in total. The first kappa shape index (κ1) is 12.9. The highest BCUT2D eigenvalue weighted by Gasteiger charge is 2.29. The predicted molar refractivity (Wildman–Crippen MR) is 57.9 cm³/mol. The molecule has 1 unspecified atom stereocenters. The Bertz CT molecular complexity index is 357. The van der Waals surface area contributed by atoms with Crippen molar-refractivity contribution in [1.29, 1.82) is 0 Å². The fourth-order valence-corrected chi connectivity index (χ4v) is 1.65. The molecule has 0 heterocycles. The van der Waals surface area contributed by atoms with E-state index in [1.165, 1.54) is 13.2 Å². The average Bonchev–Trinajstić information content (AvgIpc) is 2.15. The summed E-state index contributed by atoms with van der Waals surface area (Å²) in [5.41, 5.74) is 0.449. The third kappa shape index (κ3) is 2.92. The Hall–Kier alpha value is -1.16. The van der Waals surface area contributed by atoms with Crippen molar-refractivity contribution in [2.75, 3.05) is 7.11 Å². The van der Waals surface area contributed by atoms with Gasteiger partial charge in [-0.25, -0.2) is 8.78 Å². The van der Waals surface area contributed by atoms with Crippen molar-refractivity contribution in [2.45, 2.75) is 32.3 Å². The lowest BCUT2D eigenvalue weighted by Gasteiger charge is -2.18. The van der Waals surface area contributed by atoms with Gasteiger partial charge in [0.15, 0.2) is 0 Å². The summed E-state index contributed by atoms with van der Waals surface area (Å²) in [4.78, 5) is 0. The highest BCUT2D eigenvalue weighted by Crippen LogP contribution is 2.36. The van der Waals surface area contributed by atoms with Crippen LogP contribution in [0, 0.1) is 0 Å². The fourth-order valence-electron chi connectivity index (χ4n) is 1.65. The summed E-state index contributed by atoms with van der Waals surface area (Å²) in [5.74, 6) is -2.78. The average molecular weight is 230 g/mol. The van der Waals surface area contributed by atoms with E-state index in [0.717, 1.165) is 6.92 Å². The minimum atomic E-state index is -2.94. The second-order valence-corrected chi connectivity index (χ2v) is 3.94. The molecule has 1 aromatic carbocycles. The summed E-state index contributed by atoms with van der Waals surface area (Å²) in [5, 5.41) is 9.28. The highest BCUT2D eigenvalue weighted by atomic mass is 19.3. The van der Waals surface area contributed by atoms with E-state index in [9.17, 15) is 13.9 Å². The summed E-state index contributed by atoms with van der Waals surface area (Å²) in [6, 6.07) is 4.57. The van der Waals surface area contributed by atoms with Crippen LogP contribution in [0.4, 0.5) is 8.78 Å². The molecule has 0 aliphatic heterocycles. The van der Waals surface area contributed by atoms with E-state index in [1.54, 1.807) is 19.1 Å². The SMILES string of the molecule is COc1c(CC(C)O)cccc1C(C)(F)F. The number of rotatable bonds is 4. The van der Waals surface area contributed by atoms with Crippen molar-refractivity contribution >= 4 is 0 Å². The topological polar surface area (TPSA) is 29.5 Å². The van der Waals surface area contributed by atoms with E-state index in [1.807, 2.05) is 0 Å². The van der Waals surface area contributed by atoms with Gasteiger partial charge in [0.2, 0.25) is 0 Å². The van der Waals surface area contributed by atoms with Crippen LogP contribution in [0.25, 0.3) is 0 Å². The minimum Gasteiger partial charge on any atom is -0.496 e. The van der Waals surface area contributed by atoms with Crippen LogP contribution >= 0.6 is 0 Å². The van der Waals surface area contributed by atoms with Gasteiger partial charge < -0.3 is 9.84 Å². The Morgan fingerprint density at radius 3 is 2.50 bits per heavy atom. The molecule has 16 heavy (non-hydrogen) atoms. The van der Waals surface area contributed by atoms with Crippen molar-refractivity contribution < 1.29 is 18.6 Å². The minimum absolute atomic E-state index is 0.145. The highest BCUT2D eigenvalue weighted by molar-refractivity contribution is 5.44. The Labute approximate surface area is 93.9 Å². The summed E-state index contributed by atoms with van der Waals surface area (Å²) >= 11 is 0. The number of halogens is 2. The molecule has 0 saturated heterocycles. The van der Waals surface area contributed by atoms with E-state index in [2.05, 4.69) is 0 Å². The first-order chi connectivity index (χ1) is 7.36. The third-order valence-corrected chi connectivity index (χ3v) is 2.29. The number of para-hydroxylation sites is 1. The van der Waals surface area contributed by atoms with Crippen LogP contribution in [0.2, 0.25) is 0 Å². The van der Waals surface area contributed by atoms with Gasteiger partial charge in [-0.05, 0) is 18.6 Å². The Morgan fingerprint density at radius 2 is 2.06 bits per heavy atom. The first-order valence-electron chi connectivity index (χ1n) is 5.08. The lowest BCUT2D eigenvalue weighted by atomic mass is 10.0. The summed E-state index contributed by atoms with van der Waals surface area (Å²) in [6.07, 6.45) is -0.290. The monoisotopic (exact) mass is 230 g/mol. The predicted octanol–water partition coefficient (Wildman–Crippen LogP) is 2.73. The molecular formula is C12H16F2O2.